The lowest BCUT2D eigenvalue weighted by Gasteiger charge is -2.36. The van der Waals surface area contributed by atoms with Crippen LogP contribution in [0.2, 0.25) is 0 Å². The Kier molecular flexibility index (Phi) is 3.63. The van der Waals surface area contributed by atoms with Crippen LogP contribution in [0.15, 0.2) is 6.20 Å². The molecule has 1 aromatic heterocycles. The van der Waals surface area contributed by atoms with E-state index in [1.54, 1.807) is 0 Å². The molecule has 2 fully saturated rings. The van der Waals surface area contributed by atoms with E-state index in [0.717, 1.165) is 6.04 Å². The zero-order valence-electron chi connectivity index (χ0n) is 12.4. The molecule has 106 valence electrons. The minimum atomic E-state index is 0.409. The molecule has 3 rings (SSSR count). The van der Waals surface area contributed by atoms with Crippen LogP contribution in [-0.4, -0.2) is 39.9 Å². The van der Waals surface area contributed by atoms with Crippen molar-refractivity contribution in [2.45, 2.75) is 57.7 Å². The van der Waals surface area contributed by atoms with E-state index in [9.17, 15) is 0 Å². The van der Waals surface area contributed by atoms with E-state index < -0.39 is 0 Å². The van der Waals surface area contributed by atoms with E-state index in [0.29, 0.717) is 12.1 Å². The Labute approximate surface area is 116 Å². The average molecular weight is 262 g/mol. The number of nitrogens with one attached hydrogen (secondary N) is 1. The monoisotopic (exact) mass is 262 g/mol. The summed E-state index contributed by atoms with van der Waals surface area (Å²) in [6.45, 7) is 7.03. The van der Waals surface area contributed by atoms with Crippen molar-refractivity contribution in [3.05, 3.63) is 17.5 Å². The van der Waals surface area contributed by atoms with E-state index in [1.165, 1.54) is 50.0 Å². The second kappa shape index (κ2) is 5.25. The highest BCUT2D eigenvalue weighted by molar-refractivity contribution is 5.20. The van der Waals surface area contributed by atoms with Crippen LogP contribution in [0.3, 0.4) is 0 Å². The smallest absolute Gasteiger partial charge is 0.0540 e. The van der Waals surface area contributed by atoms with Gasteiger partial charge in [-0.3, -0.25) is 4.68 Å². The molecule has 0 spiro atoms. The molecule has 0 radical (unpaired) electrons. The van der Waals surface area contributed by atoms with Crippen molar-refractivity contribution < 1.29 is 0 Å². The number of aromatic nitrogens is 2. The van der Waals surface area contributed by atoms with Crippen LogP contribution in [0.4, 0.5) is 0 Å². The highest BCUT2D eigenvalue weighted by Crippen LogP contribution is 2.28. The summed E-state index contributed by atoms with van der Waals surface area (Å²) in [6.07, 6.45) is 7.43. The molecule has 3 heterocycles. The maximum Gasteiger partial charge on any atom is 0.0540 e. The molecule has 3 unspecified atom stereocenters. The molecule has 0 aliphatic carbocycles. The second-order valence-electron chi connectivity index (χ2n) is 6.25. The normalized spacial score (nSPS) is 29.4. The first-order chi connectivity index (χ1) is 9.15. The minimum Gasteiger partial charge on any atom is -0.307 e. The summed E-state index contributed by atoms with van der Waals surface area (Å²) < 4.78 is 1.97. The third-order valence-electron chi connectivity index (χ3n) is 5.05. The van der Waals surface area contributed by atoms with Crippen LogP contribution in [0.25, 0.3) is 0 Å². The average Bonchev–Trinajstić information content (AvgIpc) is 2.97. The fraction of sp³-hybridized carbons (Fsp3) is 0.800. The molecule has 0 aromatic carbocycles. The molecular formula is C15H26N4. The molecule has 4 heteroatoms. The fourth-order valence-corrected chi connectivity index (χ4v) is 3.76. The van der Waals surface area contributed by atoms with Crippen LogP contribution in [-0.2, 0) is 7.05 Å². The second-order valence-corrected chi connectivity index (χ2v) is 6.25. The topological polar surface area (TPSA) is 33.1 Å². The Morgan fingerprint density at radius 2 is 2.21 bits per heavy atom. The van der Waals surface area contributed by atoms with E-state index >= 15 is 0 Å². The van der Waals surface area contributed by atoms with Gasteiger partial charge in [0.1, 0.15) is 0 Å². The Balaban J connectivity index is 1.60. The molecule has 2 saturated heterocycles. The van der Waals surface area contributed by atoms with Gasteiger partial charge in [0.2, 0.25) is 0 Å². The molecule has 1 N–H and O–H groups in total. The van der Waals surface area contributed by atoms with Crippen molar-refractivity contribution >= 4 is 0 Å². The summed E-state index contributed by atoms with van der Waals surface area (Å²) in [5, 5.41) is 8.17. The Morgan fingerprint density at radius 1 is 1.37 bits per heavy atom. The number of rotatable bonds is 3. The Hall–Kier alpha value is -0.870. The summed E-state index contributed by atoms with van der Waals surface area (Å²) in [7, 11) is 2.02. The summed E-state index contributed by atoms with van der Waals surface area (Å²) in [6, 6.07) is 1.93. The molecule has 3 atom stereocenters. The first-order valence-corrected chi connectivity index (χ1v) is 7.63. The van der Waals surface area contributed by atoms with Crippen molar-refractivity contribution in [2.24, 2.45) is 7.05 Å². The first-order valence-electron chi connectivity index (χ1n) is 7.63. The zero-order valence-corrected chi connectivity index (χ0v) is 12.4. The number of aryl methyl sites for hydroxylation is 1. The van der Waals surface area contributed by atoms with E-state index in [2.05, 4.69) is 29.2 Å². The van der Waals surface area contributed by atoms with Gasteiger partial charge in [0, 0.05) is 36.4 Å². The Morgan fingerprint density at radius 3 is 2.95 bits per heavy atom. The van der Waals surface area contributed by atoms with Crippen molar-refractivity contribution in [1.82, 2.24) is 20.0 Å². The van der Waals surface area contributed by atoms with Crippen molar-refractivity contribution in [3.8, 4) is 0 Å². The predicted octanol–water partition coefficient (Wildman–Crippen LogP) is 2.01. The van der Waals surface area contributed by atoms with Crippen LogP contribution in [0.5, 0.6) is 0 Å². The summed E-state index contributed by atoms with van der Waals surface area (Å²) in [5.41, 5.74) is 2.62. The molecule has 4 nitrogen and oxygen atoms in total. The maximum absolute atomic E-state index is 4.35. The predicted molar refractivity (Wildman–Crippen MR) is 77.1 cm³/mol. The van der Waals surface area contributed by atoms with Crippen molar-refractivity contribution in [1.29, 1.82) is 0 Å². The molecular weight excluding hydrogens is 236 g/mol. The van der Waals surface area contributed by atoms with Crippen LogP contribution >= 0.6 is 0 Å². The SMILES string of the molecule is Cc1c(C(C)NC2CCN3CCCC3C2)cnn1C. The van der Waals surface area contributed by atoms with Gasteiger partial charge in [-0.05, 0) is 52.6 Å². The van der Waals surface area contributed by atoms with Gasteiger partial charge in [-0.15, -0.1) is 0 Å². The molecule has 1 aromatic rings. The number of hydrogen-bond acceptors (Lipinski definition) is 3. The van der Waals surface area contributed by atoms with E-state index in [4.69, 9.17) is 0 Å². The minimum absolute atomic E-state index is 0.409. The zero-order chi connectivity index (χ0) is 13.4. The molecule has 0 saturated carbocycles. The van der Waals surface area contributed by atoms with E-state index in [-0.39, 0.29) is 0 Å². The molecule has 2 aliphatic rings. The lowest BCUT2D eigenvalue weighted by atomic mass is 9.96. The highest BCUT2D eigenvalue weighted by Gasteiger charge is 2.32. The van der Waals surface area contributed by atoms with E-state index in [1.807, 2.05) is 17.9 Å². The third-order valence-corrected chi connectivity index (χ3v) is 5.05. The number of nitrogens with zero attached hydrogens (tertiary/aromatic N) is 3. The quantitative estimate of drug-likeness (QED) is 0.904. The summed E-state index contributed by atoms with van der Waals surface area (Å²) >= 11 is 0. The number of hydrogen-bond donors (Lipinski definition) is 1. The first kappa shape index (κ1) is 13.1. The molecule has 0 amide bonds. The summed E-state index contributed by atoms with van der Waals surface area (Å²) in [5.74, 6) is 0. The largest absolute Gasteiger partial charge is 0.307 e. The van der Waals surface area contributed by atoms with Gasteiger partial charge in [-0.1, -0.05) is 0 Å². The van der Waals surface area contributed by atoms with Gasteiger partial charge in [0.05, 0.1) is 6.20 Å². The maximum atomic E-state index is 4.35. The standard InChI is InChI=1S/C15H26N4/c1-11(15-10-16-18(3)12(15)2)17-13-6-8-19-7-4-5-14(19)9-13/h10-11,13-14,17H,4-9H2,1-3H3. The van der Waals surface area contributed by atoms with Gasteiger partial charge in [0.25, 0.3) is 0 Å². The molecule has 0 bridgehead atoms. The Bertz CT molecular complexity index is 439. The van der Waals surface area contributed by atoms with Gasteiger partial charge in [-0.25, -0.2) is 0 Å². The van der Waals surface area contributed by atoms with Gasteiger partial charge >= 0.3 is 0 Å². The lowest BCUT2D eigenvalue weighted by Crippen LogP contribution is -2.46. The summed E-state index contributed by atoms with van der Waals surface area (Å²) in [4.78, 5) is 2.68. The molecule has 19 heavy (non-hydrogen) atoms. The van der Waals surface area contributed by atoms with Gasteiger partial charge in [0.15, 0.2) is 0 Å². The molecule has 2 aliphatic heterocycles. The van der Waals surface area contributed by atoms with Crippen molar-refractivity contribution in [2.75, 3.05) is 13.1 Å². The van der Waals surface area contributed by atoms with Gasteiger partial charge in [-0.2, -0.15) is 5.10 Å². The fourth-order valence-electron chi connectivity index (χ4n) is 3.76. The van der Waals surface area contributed by atoms with Crippen molar-refractivity contribution in [3.63, 3.8) is 0 Å². The number of piperidine rings is 1. The van der Waals surface area contributed by atoms with Crippen LogP contribution in [0.1, 0.15) is 49.9 Å². The van der Waals surface area contributed by atoms with Crippen LogP contribution in [0, 0.1) is 6.92 Å². The third kappa shape index (κ3) is 2.56. The number of fused-ring (bicyclic) bond motifs is 1. The van der Waals surface area contributed by atoms with Gasteiger partial charge < -0.3 is 10.2 Å². The highest BCUT2D eigenvalue weighted by atomic mass is 15.3. The lowest BCUT2D eigenvalue weighted by molar-refractivity contribution is 0.162. The van der Waals surface area contributed by atoms with Crippen LogP contribution < -0.4 is 5.32 Å².